The van der Waals surface area contributed by atoms with Crippen molar-refractivity contribution in [2.45, 2.75) is 39.5 Å². The fraction of sp³-hybridized carbons (Fsp3) is 0.632. The first-order valence-electron chi connectivity index (χ1n) is 9.15. The van der Waals surface area contributed by atoms with E-state index in [4.69, 9.17) is 4.99 Å². The molecule has 128 valence electrons. The lowest BCUT2D eigenvalue weighted by molar-refractivity contribution is 0.597. The summed E-state index contributed by atoms with van der Waals surface area (Å²) >= 11 is 0. The molecule has 1 atom stereocenters. The van der Waals surface area contributed by atoms with Gasteiger partial charge in [0.25, 0.3) is 0 Å². The minimum atomic E-state index is 0.654. The van der Waals surface area contributed by atoms with E-state index in [1.54, 1.807) is 0 Å². The first-order valence-corrected chi connectivity index (χ1v) is 9.15. The molecule has 4 heteroatoms. The van der Waals surface area contributed by atoms with E-state index in [2.05, 4.69) is 59.7 Å². The number of unbranched alkanes of at least 4 members (excludes halogenated alkanes) is 2. The van der Waals surface area contributed by atoms with E-state index in [0.717, 1.165) is 38.7 Å². The summed E-state index contributed by atoms with van der Waals surface area (Å²) in [7, 11) is 0. The van der Waals surface area contributed by atoms with Crippen LogP contribution in [0.2, 0.25) is 0 Å². The zero-order valence-electron chi connectivity index (χ0n) is 14.7. The first kappa shape index (κ1) is 17.6. The van der Waals surface area contributed by atoms with Crippen LogP contribution in [0.5, 0.6) is 0 Å². The third kappa shape index (κ3) is 6.12. The Labute approximate surface area is 141 Å². The maximum absolute atomic E-state index is 4.79. The number of nitrogens with zero attached hydrogens (tertiary/aromatic N) is 2. The Kier molecular flexibility index (Phi) is 7.78. The largest absolute Gasteiger partial charge is 0.371 e. The van der Waals surface area contributed by atoms with E-state index in [1.807, 2.05) is 0 Å². The summed E-state index contributed by atoms with van der Waals surface area (Å²) in [6.45, 7) is 9.45. The molecule has 0 saturated carbocycles. The molecule has 2 rings (SSSR count). The molecule has 1 heterocycles. The van der Waals surface area contributed by atoms with Crippen molar-refractivity contribution >= 4 is 11.6 Å². The highest BCUT2D eigenvalue weighted by atomic mass is 15.2. The van der Waals surface area contributed by atoms with Gasteiger partial charge in [0.1, 0.15) is 0 Å². The molecule has 1 aromatic carbocycles. The average Bonchev–Trinajstić information content (AvgIpc) is 3.06. The fourth-order valence-electron chi connectivity index (χ4n) is 3.00. The number of hydrogen-bond donors (Lipinski definition) is 2. The summed E-state index contributed by atoms with van der Waals surface area (Å²) in [5.41, 5.74) is 1.34. The minimum Gasteiger partial charge on any atom is -0.371 e. The number of para-hydroxylation sites is 1. The van der Waals surface area contributed by atoms with Crippen molar-refractivity contribution in [3.8, 4) is 0 Å². The second-order valence-corrected chi connectivity index (χ2v) is 6.29. The molecule has 23 heavy (non-hydrogen) atoms. The van der Waals surface area contributed by atoms with Crippen molar-refractivity contribution in [3.05, 3.63) is 30.3 Å². The van der Waals surface area contributed by atoms with E-state index < -0.39 is 0 Å². The highest BCUT2D eigenvalue weighted by Gasteiger charge is 2.22. The number of rotatable bonds is 8. The Bertz CT molecular complexity index is 458. The van der Waals surface area contributed by atoms with Crippen LogP contribution in [0.25, 0.3) is 0 Å². The molecule has 2 N–H and O–H groups in total. The molecule has 4 nitrogen and oxygen atoms in total. The van der Waals surface area contributed by atoms with Gasteiger partial charge in [-0.05, 0) is 37.8 Å². The molecule has 1 unspecified atom stereocenters. The lowest BCUT2D eigenvalue weighted by Crippen LogP contribution is -2.38. The van der Waals surface area contributed by atoms with Crippen LogP contribution in [0.15, 0.2) is 35.3 Å². The lowest BCUT2D eigenvalue weighted by atomic mass is 10.1. The predicted molar refractivity (Wildman–Crippen MR) is 100 cm³/mol. The highest BCUT2D eigenvalue weighted by molar-refractivity contribution is 5.79. The summed E-state index contributed by atoms with van der Waals surface area (Å²) < 4.78 is 0. The second-order valence-electron chi connectivity index (χ2n) is 6.29. The van der Waals surface area contributed by atoms with E-state index >= 15 is 0 Å². The van der Waals surface area contributed by atoms with Crippen LogP contribution in [0, 0.1) is 5.92 Å². The van der Waals surface area contributed by atoms with Gasteiger partial charge in [0.2, 0.25) is 0 Å². The summed E-state index contributed by atoms with van der Waals surface area (Å²) in [5.74, 6) is 1.63. The molecule has 0 aliphatic carbocycles. The monoisotopic (exact) mass is 316 g/mol. The van der Waals surface area contributed by atoms with Gasteiger partial charge < -0.3 is 15.5 Å². The molecule has 1 aliphatic heterocycles. The molecule has 1 fully saturated rings. The van der Waals surface area contributed by atoms with Gasteiger partial charge in [-0.3, -0.25) is 4.99 Å². The van der Waals surface area contributed by atoms with E-state index in [1.165, 1.54) is 31.4 Å². The van der Waals surface area contributed by atoms with Gasteiger partial charge in [-0.2, -0.15) is 0 Å². The van der Waals surface area contributed by atoms with E-state index in [-0.39, 0.29) is 0 Å². The van der Waals surface area contributed by atoms with Crippen molar-refractivity contribution < 1.29 is 0 Å². The molecule has 1 aliphatic rings. The second kappa shape index (κ2) is 10.1. The number of nitrogens with one attached hydrogen (secondary N) is 2. The SMILES string of the molecule is CCCCCNC(=NCC1CCN(c2ccccc2)C1)NCC. The highest BCUT2D eigenvalue weighted by Crippen LogP contribution is 2.23. The van der Waals surface area contributed by atoms with Gasteiger partial charge in [0.05, 0.1) is 0 Å². The van der Waals surface area contributed by atoms with Crippen molar-refractivity contribution in [1.29, 1.82) is 0 Å². The summed E-state index contributed by atoms with van der Waals surface area (Å²) in [6, 6.07) is 10.7. The zero-order chi connectivity index (χ0) is 16.3. The molecular formula is C19H32N4. The van der Waals surface area contributed by atoms with Crippen LogP contribution in [-0.4, -0.2) is 38.7 Å². The molecule has 0 bridgehead atoms. The number of guanidine groups is 1. The molecule has 0 radical (unpaired) electrons. The molecule has 0 aromatic heterocycles. The van der Waals surface area contributed by atoms with Gasteiger partial charge in [0.15, 0.2) is 5.96 Å². The Morgan fingerprint density at radius 2 is 2.00 bits per heavy atom. The van der Waals surface area contributed by atoms with Crippen molar-refractivity contribution in [1.82, 2.24) is 10.6 Å². The van der Waals surface area contributed by atoms with Crippen LogP contribution >= 0.6 is 0 Å². The maximum atomic E-state index is 4.79. The average molecular weight is 316 g/mol. The van der Waals surface area contributed by atoms with Crippen LogP contribution in [0.3, 0.4) is 0 Å². The topological polar surface area (TPSA) is 39.7 Å². The normalized spacial score (nSPS) is 18.3. The fourth-order valence-corrected chi connectivity index (χ4v) is 3.00. The zero-order valence-corrected chi connectivity index (χ0v) is 14.7. The number of aliphatic imine (C=N–C) groups is 1. The maximum Gasteiger partial charge on any atom is 0.191 e. The van der Waals surface area contributed by atoms with Crippen molar-refractivity contribution in [2.75, 3.05) is 37.6 Å². The Morgan fingerprint density at radius 1 is 1.17 bits per heavy atom. The summed E-state index contributed by atoms with van der Waals surface area (Å²) in [5, 5.41) is 6.80. The minimum absolute atomic E-state index is 0.654. The molecule has 1 aromatic rings. The quantitative estimate of drug-likeness (QED) is 0.439. The van der Waals surface area contributed by atoms with Gasteiger partial charge in [-0.15, -0.1) is 0 Å². The predicted octanol–water partition coefficient (Wildman–Crippen LogP) is 3.26. The van der Waals surface area contributed by atoms with Gasteiger partial charge >= 0.3 is 0 Å². The van der Waals surface area contributed by atoms with Crippen molar-refractivity contribution in [2.24, 2.45) is 10.9 Å². The smallest absolute Gasteiger partial charge is 0.191 e. The molecule has 0 amide bonds. The van der Waals surface area contributed by atoms with Gasteiger partial charge in [0, 0.05) is 38.4 Å². The molecular weight excluding hydrogens is 284 g/mol. The third-order valence-corrected chi connectivity index (χ3v) is 4.33. The van der Waals surface area contributed by atoms with Crippen LogP contribution in [0.1, 0.15) is 39.5 Å². The standard InChI is InChI=1S/C19H32N4/c1-3-5-9-13-21-19(20-4-2)22-15-17-12-14-23(16-17)18-10-7-6-8-11-18/h6-8,10-11,17H,3-5,9,12-16H2,1-2H3,(H2,20,21,22). The van der Waals surface area contributed by atoms with Crippen LogP contribution in [-0.2, 0) is 0 Å². The van der Waals surface area contributed by atoms with E-state index in [0.29, 0.717) is 5.92 Å². The molecule has 1 saturated heterocycles. The summed E-state index contributed by atoms with van der Waals surface area (Å²) in [4.78, 5) is 7.26. The number of benzene rings is 1. The van der Waals surface area contributed by atoms with Gasteiger partial charge in [-0.25, -0.2) is 0 Å². The third-order valence-electron chi connectivity index (χ3n) is 4.33. The van der Waals surface area contributed by atoms with Crippen LogP contribution < -0.4 is 15.5 Å². The first-order chi connectivity index (χ1) is 11.3. The summed E-state index contributed by atoms with van der Waals surface area (Å²) in [6.07, 6.45) is 4.98. The van der Waals surface area contributed by atoms with Crippen LogP contribution in [0.4, 0.5) is 5.69 Å². The molecule has 0 spiro atoms. The lowest BCUT2D eigenvalue weighted by Gasteiger charge is -2.18. The van der Waals surface area contributed by atoms with Crippen molar-refractivity contribution in [3.63, 3.8) is 0 Å². The van der Waals surface area contributed by atoms with Gasteiger partial charge in [-0.1, -0.05) is 38.0 Å². The number of anilines is 1. The Hall–Kier alpha value is -1.71. The Balaban J connectivity index is 1.78. The van der Waals surface area contributed by atoms with E-state index in [9.17, 15) is 0 Å². The number of hydrogen-bond acceptors (Lipinski definition) is 2. The Morgan fingerprint density at radius 3 is 2.74 bits per heavy atom.